The van der Waals surface area contributed by atoms with Gasteiger partial charge in [-0.15, -0.1) is 0 Å². The van der Waals surface area contributed by atoms with Gasteiger partial charge in [0, 0.05) is 6.54 Å². The molecule has 0 radical (unpaired) electrons. The van der Waals surface area contributed by atoms with E-state index >= 15 is 0 Å². The van der Waals surface area contributed by atoms with Crippen molar-refractivity contribution in [2.45, 2.75) is 43.9 Å². The van der Waals surface area contributed by atoms with E-state index in [0.29, 0.717) is 19.8 Å². The van der Waals surface area contributed by atoms with Crippen molar-refractivity contribution in [3.8, 4) is 0 Å². The molecule has 0 aliphatic carbocycles. The second-order valence-electron chi connectivity index (χ2n) is 4.53. The van der Waals surface area contributed by atoms with E-state index in [2.05, 4.69) is 0 Å². The van der Waals surface area contributed by atoms with Gasteiger partial charge in [0.15, 0.2) is 5.54 Å². The zero-order valence-electron chi connectivity index (χ0n) is 9.63. The van der Waals surface area contributed by atoms with Crippen LogP contribution in [0.4, 0.5) is 13.2 Å². The van der Waals surface area contributed by atoms with Crippen LogP contribution in [-0.2, 0) is 4.79 Å². The van der Waals surface area contributed by atoms with Gasteiger partial charge in [0.1, 0.15) is 0 Å². The summed E-state index contributed by atoms with van der Waals surface area (Å²) >= 11 is 0. The van der Waals surface area contributed by atoms with E-state index in [-0.39, 0.29) is 13.2 Å². The Bertz CT molecular complexity index is 292. The number of carbonyl (C=O) groups is 1. The number of aliphatic hydroxyl groups excluding tert-OH is 1. The number of hydrogen-bond acceptors (Lipinski definition) is 3. The minimum absolute atomic E-state index is 0.215. The lowest BCUT2D eigenvalue weighted by molar-refractivity contribution is -0.196. The molecule has 1 aliphatic heterocycles. The van der Waals surface area contributed by atoms with Gasteiger partial charge in [-0.2, -0.15) is 13.2 Å². The zero-order valence-corrected chi connectivity index (χ0v) is 9.63. The molecule has 100 valence electrons. The van der Waals surface area contributed by atoms with Crippen molar-refractivity contribution in [1.82, 2.24) is 4.90 Å². The number of rotatable bonds is 2. The van der Waals surface area contributed by atoms with Gasteiger partial charge in [0.25, 0.3) is 5.91 Å². The van der Waals surface area contributed by atoms with Crippen LogP contribution in [0.25, 0.3) is 0 Å². The fourth-order valence-corrected chi connectivity index (χ4v) is 1.88. The third-order valence-corrected chi connectivity index (χ3v) is 3.13. The summed E-state index contributed by atoms with van der Waals surface area (Å²) in [6.45, 7) is 0.547. The maximum atomic E-state index is 12.6. The highest BCUT2D eigenvalue weighted by molar-refractivity contribution is 5.87. The summed E-state index contributed by atoms with van der Waals surface area (Å²) in [5.74, 6) is -1.16. The summed E-state index contributed by atoms with van der Waals surface area (Å²) in [4.78, 5) is 12.9. The molecule has 0 bridgehead atoms. The van der Waals surface area contributed by atoms with E-state index in [1.54, 1.807) is 0 Å². The van der Waals surface area contributed by atoms with Crippen LogP contribution in [0, 0.1) is 0 Å². The molecule has 0 aromatic rings. The maximum absolute atomic E-state index is 12.6. The fourth-order valence-electron chi connectivity index (χ4n) is 1.88. The van der Waals surface area contributed by atoms with E-state index < -0.39 is 23.7 Å². The number of nitrogens with two attached hydrogens (primary N) is 1. The number of alkyl halides is 3. The number of hydrogen-bond donors (Lipinski definition) is 2. The molecule has 0 aromatic carbocycles. The topological polar surface area (TPSA) is 66.6 Å². The molecule has 1 heterocycles. The van der Waals surface area contributed by atoms with Gasteiger partial charge >= 0.3 is 6.18 Å². The van der Waals surface area contributed by atoms with Crippen LogP contribution in [0.2, 0.25) is 0 Å². The normalized spacial score (nSPS) is 25.5. The Hall–Kier alpha value is -0.820. The predicted molar refractivity (Wildman–Crippen MR) is 55.1 cm³/mol. The van der Waals surface area contributed by atoms with Crippen LogP contribution in [-0.4, -0.2) is 46.8 Å². The molecule has 2 atom stereocenters. The van der Waals surface area contributed by atoms with Crippen molar-refractivity contribution < 1.29 is 23.1 Å². The maximum Gasteiger partial charge on any atom is 0.415 e. The molecule has 0 spiro atoms. The highest BCUT2D eigenvalue weighted by atomic mass is 19.4. The van der Waals surface area contributed by atoms with Crippen LogP contribution in [0.3, 0.4) is 0 Å². The standard InChI is InChI=1S/C10H17F3N2O2/c1-9(14,10(11,12)13)8(17)15-5-3-2-4-7(15)6-16/h7,16H,2-6,14H2,1H3. The minimum Gasteiger partial charge on any atom is -0.394 e. The highest BCUT2D eigenvalue weighted by Gasteiger charge is 2.56. The van der Waals surface area contributed by atoms with E-state index in [9.17, 15) is 18.0 Å². The van der Waals surface area contributed by atoms with Gasteiger partial charge in [0.2, 0.25) is 0 Å². The molecule has 1 fully saturated rings. The van der Waals surface area contributed by atoms with Gasteiger partial charge in [-0.05, 0) is 26.2 Å². The third kappa shape index (κ3) is 2.71. The summed E-state index contributed by atoms with van der Waals surface area (Å²) in [5, 5.41) is 9.06. The summed E-state index contributed by atoms with van der Waals surface area (Å²) in [6, 6.07) is -0.554. The molecule has 1 aliphatic rings. The molecule has 1 amide bonds. The lowest BCUT2D eigenvalue weighted by atomic mass is 9.96. The average Bonchev–Trinajstić information content (AvgIpc) is 2.26. The van der Waals surface area contributed by atoms with Crippen molar-refractivity contribution >= 4 is 5.91 Å². The summed E-state index contributed by atoms with van der Waals surface area (Å²) in [7, 11) is 0. The lowest BCUT2D eigenvalue weighted by Gasteiger charge is -2.39. The summed E-state index contributed by atoms with van der Waals surface area (Å²) < 4.78 is 37.9. The van der Waals surface area contributed by atoms with Crippen LogP contribution in [0.1, 0.15) is 26.2 Å². The lowest BCUT2D eigenvalue weighted by Crippen LogP contribution is -2.64. The first kappa shape index (κ1) is 14.2. The average molecular weight is 254 g/mol. The Kier molecular flexibility index (Phi) is 4.03. The molecular weight excluding hydrogens is 237 g/mol. The Balaban J connectivity index is 2.87. The second-order valence-corrected chi connectivity index (χ2v) is 4.53. The van der Waals surface area contributed by atoms with Gasteiger partial charge in [-0.1, -0.05) is 0 Å². The molecule has 4 nitrogen and oxygen atoms in total. The number of likely N-dealkylation sites (tertiary alicyclic amines) is 1. The SMILES string of the molecule is CC(N)(C(=O)N1CCCCC1CO)C(F)(F)F. The first-order chi connectivity index (χ1) is 7.71. The monoisotopic (exact) mass is 254 g/mol. The van der Waals surface area contributed by atoms with Crippen molar-refractivity contribution in [2.75, 3.05) is 13.2 Å². The molecule has 2 unspecified atom stereocenters. The van der Waals surface area contributed by atoms with Gasteiger partial charge in [0.05, 0.1) is 12.6 Å². The van der Waals surface area contributed by atoms with Crippen LogP contribution >= 0.6 is 0 Å². The van der Waals surface area contributed by atoms with Crippen molar-refractivity contribution in [1.29, 1.82) is 0 Å². The summed E-state index contributed by atoms with van der Waals surface area (Å²) in [6.07, 6.45) is -2.85. The van der Waals surface area contributed by atoms with Crippen molar-refractivity contribution in [3.05, 3.63) is 0 Å². The number of halogens is 3. The number of aliphatic hydroxyl groups is 1. The van der Waals surface area contributed by atoms with Crippen LogP contribution in [0.15, 0.2) is 0 Å². The van der Waals surface area contributed by atoms with Crippen molar-refractivity contribution in [3.63, 3.8) is 0 Å². The van der Waals surface area contributed by atoms with Crippen LogP contribution in [0.5, 0.6) is 0 Å². The zero-order chi connectivity index (χ0) is 13.3. The number of nitrogens with zero attached hydrogens (tertiary/aromatic N) is 1. The molecule has 17 heavy (non-hydrogen) atoms. The predicted octanol–water partition coefficient (Wildman–Crippen LogP) is 0.639. The molecule has 0 aromatic heterocycles. The van der Waals surface area contributed by atoms with E-state index in [0.717, 1.165) is 11.3 Å². The number of amides is 1. The van der Waals surface area contributed by atoms with Crippen LogP contribution < -0.4 is 5.73 Å². The van der Waals surface area contributed by atoms with Gasteiger partial charge in [-0.25, -0.2) is 0 Å². The quantitative estimate of drug-likeness (QED) is 0.760. The van der Waals surface area contributed by atoms with Gasteiger partial charge < -0.3 is 15.7 Å². The first-order valence-corrected chi connectivity index (χ1v) is 5.49. The number of piperidine rings is 1. The molecule has 1 rings (SSSR count). The minimum atomic E-state index is -4.79. The Labute approximate surface area is 97.6 Å². The van der Waals surface area contributed by atoms with Crippen molar-refractivity contribution in [2.24, 2.45) is 5.73 Å². The second kappa shape index (κ2) is 4.81. The Morgan fingerprint density at radius 2 is 2.06 bits per heavy atom. The van der Waals surface area contributed by atoms with E-state index in [1.165, 1.54) is 0 Å². The fraction of sp³-hybridized carbons (Fsp3) is 0.900. The van der Waals surface area contributed by atoms with Gasteiger partial charge in [-0.3, -0.25) is 4.79 Å². The number of carbonyl (C=O) groups excluding carboxylic acids is 1. The molecule has 7 heteroatoms. The largest absolute Gasteiger partial charge is 0.415 e. The highest BCUT2D eigenvalue weighted by Crippen LogP contribution is 2.31. The van der Waals surface area contributed by atoms with E-state index in [4.69, 9.17) is 10.8 Å². The Morgan fingerprint density at radius 3 is 2.53 bits per heavy atom. The van der Waals surface area contributed by atoms with E-state index in [1.807, 2.05) is 0 Å². The first-order valence-electron chi connectivity index (χ1n) is 5.49. The summed E-state index contributed by atoms with van der Waals surface area (Å²) in [5.41, 5.74) is 2.20. The smallest absolute Gasteiger partial charge is 0.394 e. The third-order valence-electron chi connectivity index (χ3n) is 3.13. The Morgan fingerprint density at radius 1 is 1.47 bits per heavy atom. The molecular formula is C10H17F3N2O2. The molecule has 1 saturated heterocycles. The molecule has 0 saturated carbocycles. The molecule has 3 N–H and O–H groups in total.